The molecule has 1 amide bonds. The molecule has 6 heteroatoms. The first kappa shape index (κ1) is 20.5. The molecular weight excluding hydrogens is 332 g/mol. The standard InChI is InChI=1S/C20H32N2O4/c1-4-16(5-2)17(22-10-12-25-13-11-22)14-21-20(23)15-26-19-9-7-6-8-18(19)24-3/h6-9,16-17H,4-5,10-15H2,1-3H3,(H,21,23). The SMILES string of the molecule is CCC(CC)C(CNC(=O)COc1ccccc1OC)N1CCOCC1. The largest absolute Gasteiger partial charge is 0.493 e. The van der Waals surface area contributed by atoms with E-state index in [1.165, 1.54) is 0 Å². The van der Waals surface area contributed by atoms with Crippen molar-refractivity contribution in [2.24, 2.45) is 5.92 Å². The quantitative estimate of drug-likeness (QED) is 0.690. The Morgan fingerprint density at radius 2 is 1.85 bits per heavy atom. The predicted molar refractivity (Wildman–Crippen MR) is 102 cm³/mol. The third kappa shape index (κ3) is 5.88. The second-order valence-corrected chi connectivity index (χ2v) is 6.54. The molecule has 1 unspecified atom stereocenters. The van der Waals surface area contributed by atoms with E-state index in [1.807, 2.05) is 18.2 Å². The van der Waals surface area contributed by atoms with Gasteiger partial charge in [-0.2, -0.15) is 0 Å². The van der Waals surface area contributed by atoms with Crippen molar-refractivity contribution in [3.8, 4) is 11.5 Å². The number of ether oxygens (including phenoxy) is 3. The number of nitrogens with one attached hydrogen (secondary N) is 1. The summed E-state index contributed by atoms with van der Waals surface area (Å²) < 4.78 is 16.3. The normalized spacial score (nSPS) is 16.3. The van der Waals surface area contributed by atoms with Crippen LogP contribution in [0.5, 0.6) is 11.5 Å². The van der Waals surface area contributed by atoms with Crippen LogP contribution in [-0.2, 0) is 9.53 Å². The Balaban J connectivity index is 1.87. The average Bonchev–Trinajstić information content (AvgIpc) is 2.70. The summed E-state index contributed by atoms with van der Waals surface area (Å²) >= 11 is 0. The number of nitrogens with zero attached hydrogens (tertiary/aromatic N) is 1. The van der Waals surface area contributed by atoms with Gasteiger partial charge in [0, 0.05) is 25.7 Å². The predicted octanol–water partition coefficient (Wildman–Crippen LogP) is 2.33. The molecule has 0 radical (unpaired) electrons. The number of benzene rings is 1. The van der Waals surface area contributed by atoms with Gasteiger partial charge in [-0.3, -0.25) is 9.69 Å². The molecule has 1 aromatic carbocycles. The molecule has 1 aliphatic heterocycles. The van der Waals surface area contributed by atoms with Crippen molar-refractivity contribution in [2.75, 3.05) is 46.6 Å². The topological polar surface area (TPSA) is 60.0 Å². The van der Waals surface area contributed by atoms with Crippen LogP contribution in [0.15, 0.2) is 24.3 Å². The molecule has 6 nitrogen and oxygen atoms in total. The van der Waals surface area contributed by atoms with Crippen molar-refractivity contribution in [1.29, 1.82) is 0 Å². The van der Waals surface area contributed by atoms with Crippen LogP contribution < -0.4 is 14.8 Å². The summed E-state index contributed by atoms with van der Waals surface area (Å²) in [5, 5.41) is 3.05. The van der Waals surface area contributed by atoms with Gasteiger partial charge in [-0.1, -0.05) is 38.8 Å². The first-order valence-corrected chi connectivity index (χ1v) is 9.53. The molecule has 1 fully saturated rings. The molecule has 0 bridgehead atoms. The molecule has 0 spiro atoms. The fourth-order valence-electron chi connectivity index (χ4n) is 3.49. The Bertz CT molecular complexity index is 542. The summed E-state index contributed by atoms with van der Waals surface area (Å²) in [4.78, 5) is 14.7. The van der Waals surface area contributed by atoms with Gasteiger partial charge in [0.15, 0.2) is 18.1 Å². The second-order valence-electron chi connectivity index (χ2n) is 6.54. The maximum atomic E-state index is 12.3. The summed E-state index contributed by atoms with van der Waals surface area (Å²) in [5.41, 5.74) is 0. The summed E-state index contributed by atoms with van der Waals surface area (Å²) in [7, 11) is 1.59. The van der Waals surface area contributed by atoms with Crippen LogP contribution in [0, 0.1) is 5.92 Å². The number of hydrogen-bond donors (Lipinski definition) is 1. The third-order valence-electron chi connectivity index (χ3n) is 5.04. The number of carbonyl (C=O) groups excluding carboxylic acids is 1. The molecule has 2 rings (SSSR count). The molecule has 1 aliphatic rings. The van der Waals surface area contributed by atoms with Gasteiger partial charge in [-0.15, -0.1) is 0 Å². The van der Waals surface area contributed by atoms with E-state index in [0.717, 1.165) is 39.1 Å². The highest BCUT2D eigenvalue weighted by Gasteiger charge is 2.27. The molecule has 1 saturated heterocycles. The van der Waals surface area contributed by atoms with Crippen molar-refractivity contribution in [3.63, 3.8) is 0 Å². The van der Waals surface area contributed by atoms with Crippen LogP contribution in [-0.4, -0.2) is 63.4 Å². The molecule has 1 atom stereocenters. The minimum Gasteiger partial charge on any atom is -0.493 e. The number of hydrogen-bond acceptors (Lipinski definition) is 5. The van der Waals surface area contributed by atoms with Gasteiger partial charge in [0.05, 0.1) is 20.3 Å². The summed E-state index contributed by atoms with van der Waals surface area (Å²) in [6.45, 7) is 8.44. The van der Waals surface area contributed by atoms with Crippen molar-refractivity contribution >= 4 is 5.91 Å². The van der Waals surface area contributed by atoms with Gasteiger partial charge in [0.2, 0.25) is 0 Å². The Kier molecular flexibility index (Phi) is 8.71. The van der Waals surface area contributed by atoms with Crippen LogP contribution in [0.4, 0.5) is 0 Å². The van der Waals surface area contributed by atoms with Gasteiger partial charge in [0.1, 0.15) is 0 Å². The van der Waals surface area contributed by atoms with Gasteiger partial charge in [-0.25, -0.2) is 0 Å². The lowest BCUT2D eigenvalue weighted by atomic mass is 9.92. The van der Waals surface area contributed by atoms with Crippen LogP contribution in [0.25, 0.3) is 0 Å². The number of carbonyl (C=O) groups is 1. The van der Waals surface area contributed by atoms with E-state index in [-0.39, 0.29) is 12.5 Å². The first-order valence-electron chi connectivity index (χ1n) is 9.53. The second kappa shape index (κ2) is 11.0. The van der Waals surface area contributed by atoms with Crippen molar-refractivity contribution < 1.29 is 19.0 Å². The minimum absolute atomic E-state index is 0.0148. The van der Waals surface area contributed by atoms with Crippen LogP contribution in [0.2, 0.25) is 0 Å². The van der Waals surface area contributed by atoms with E-state index >= 15 is 0 Å². The summed E-state index contributed by atoms with van der Waals surface area (Å²) in [5.74, 6) is 1.65. The number of para-hydroxylation sites is 2. The number of methoxy groups -OCH3 is 1. The fraction of sp³-hybridized carbons (Fsp3) is 0.650. The van der Waals surface area contributed by atoms with Gasteiger partial charge in [-0.05, 0) is 18.1 Å². The number of morpholine rings is 1. The summed E-state index contributed by atoms with van der Waals surface area (Å²) in [6.07, 6.45) is 2.21. The Labute approximate surface area is 156 Å². The van der Waals surface area contributed by atoms with Crippen molar-refractivity contribution in [2.45, 2.75) is 32.7 Å². The zero-order valence-corrected chi connectivity index (χ0v) is 16.2. The van der Waals surface area contributed by atoms with Gasteiger partial charge >= 0.3 is 0 Å². The maximum absolute atomic E-state index is 12.3. The van der Waals surface area contributed by atoms with Crippen LogP contribution >= 0.6 is 0 Å². The molecule has 146 valence electrons. The van der Waals surface area contributed by atoms with Crippen molar-refractivity contribution in [1.82, 2.24) is 10.2 Å². The minimum atomic E-state index is -0.111. The van der Waals surface area contributed by atoms with E-state index in [2.05, 4.69) is 24.1 Å². The monoisotopic (exact) mass is 364 g/mol. The fourth-order valence-corrected chi connectivity index (χ4v) is 3.49. The lowest BCUT2D eigenvalue weighted by Gasteiger charge is -2.38. The Morgan fingerprint density at radius 1 is 1.19 bits per heavy atom. The number of rotatable bonds is 10. The zero-order chi connectivity index (χ0) is 18.8. The van der Waals surface area contributed by atoms with E-state index in [1.54, 1.807) is 13.2 Å². The van der Waals surface area contributed by atoms with Gasteiger partial charge in [0.25, 0.3) is 5.91 Å². The maximum Gasteiger partial charge on any atom is 0.257 e. The smallest absolute Gasteiger partial charge is 0.257 e. The lowest BCUT2D eigenvalue weighted by Crippen LogP contribution is -2.52. The highest BCUT2D eigenvalue weighted by Crippen LogP contribution is 2.25. The first-order chi connectivity index (χ1) is 12.7. The summed E-state index contributed by atoms with van der Waals surface area (Å²) in [6, 6.07) is 7.68. The molecule has 1 heterocycles. The highest BCUT2D eigenvalue weighted by molar-refractivity contribution is 5.77. The zero-order valence-electron chi connectivity index (χ0n) is 16.2. The van der Waals surface area contributed by atoms with Crippen molar-refractivity contribution in [3.05, 3.63) is 24.3 Å². The Hall–Kier alpha value is -1.79. The third-order valence-corrected chi connectivity index (χ3v) is 5.04. The number of amides is 1. The van der Waals surface area contributed by atoms with E-state index in [9.17, 15) is 4.79 Å². The van der Waals surface area contributed by atoms with E-state index in [0.29, 0.717) is 30.0 Å². The van der Waals surface area contributed by atoms with Crippen LogP contribution in [0.1, 0.15) is 26.7 Å². The Morgan fingerprint density at radius 3 is 2.46 bits per heavy atom. The molecular formula is C20H32N2O4. The molecule has 1 N–H and O–H groups in total. The molecule has 26 heavy (non-hydrogen) atoms. The molecule has 1 aromatic rings. The highest BCUT2D eigenvalue weighted by atomic mass is 16.5. The van der Waals surface area contributed by atoms with Crippen LogP contribution in [0.3, 0.4) is 0 Å². The molecule has 0 saturated carbocycles. The van der Waals surface area contributed by atoms with E-state index in [4.69, 9.17) is 14.2 Å². The van der Waals surface area contributed by atoms with E-state index < -0.39 is 0 Å². The molecule has 0 aliphatic carbocycles. The average molecular weight is 364 g/mol. The lowest BCUT2D eigenvalue weighted by molar-refractivity contribution is -0.123. The molecule has 0 aromatic heterocycles. The van der Waals surface area contributed by atoms with Gasteiger partial charge < -0.3 is 19.5 Å².